The molecule has 2 rings (SSSR count). The second kappa shape index (κ2) is 8.59. The number of carbonyl (C=O) groups excluding carboxylic acids is 1. The van der Waals surface area contributed by atoms with Crippen molar-refractivity contribution >= 4 is 6.03 Å². The molecular weight excluding hydrogens is 266 g/mol. The molecule has 0 spiro atoms. The number of hydrogen-bond acceptors (Lipinski definition) is 3. The Hall–Kier alpha value is -0.810. The van der Waals surface area contributed by atoms with Crippen molar-refractivity contribution in [1.29, 1.82) is 0 Å². The second-order valence-corrected chi connectivity index (χ2v) is 6.75. The van der Waals surface area contributed by atoms with Crippen molar-refractivity contribution in [3.63, 3.8) is 0 Å². The first-order chi connectivity index (χ1) is 10.2. The minimum Gasteiger partial charge on any atom is -0.396 e. The van der Waals surface area contributed by atoms with Crippen LogP contribution in [-0.4, -0.2) is 66.8 Å². The molecule has 1 unspecified atom stereocenters. The summed E-state index contributed by atoms with van der Waals surface area (Å²) in [5, 5.41) is 12.1. The summed E-state index contributed by atoms with van der Waals surface area (Å²) in [6, 6.07) is 0.0680. The molecule has 2 aliphatic rings. The molecule has 2 amide bonds. The molecule has 5 heteroatoms. The predicted octanol–water partition coefficient (Wildman–Crippen LogP) is 1.52. The topological polar surface area (TPSA) is 55.8 Å². The first kappa shape index (κ1) is 16.6. The second-order valence-electron chi connectivity index (χ2n) is 6.75. The van der Waals surface area contributed by atoms with Crippen molar-refractivity contribution in [3.8, 4) is 0 Å². The molecule has 5 nitrogen and oxygen atoms in total. The SMILES string of the molecule is CC1CCCN(CCCNC(=O)N2CCC(CO)CC2)C1. The van der Waals surface area contributed by atoms with Crippen LogP contribution < -0.4 is 5.32 Å². The van der Waals surface area contributed by atoms with E-state index in [0.29, 0.717) is 5.92 Å². The number of aliphatic hydroxyl groups is 1. The monoisotopic (exact) mass is 297 g/mol. The van der Waals surface area contributed by atoms with Crippen molar-refractivity contribution in [1.82, 2.24) is 15.1 Å². The molecular formula is C16H31N3O2. The van der Waals surface area contributed by atoms with E-state index >= 15 is 0 Å². The number of aliphatic hydroxyl groups excluding tert-OH is 1. The van der Waals surface area contributed by atoms with Crippen LogP contribution in [0.2, 0.25) is 0 Å². The predicted molar refractivity (Wildman–Crippen MR) is 84.2 cm³/mol. The minimum absolute atomic E-state index is 0.0680. The maximum absolute atomic E-state index is 12.0. The molecule has 2 saturated heterocycles. The number of amides is 2. The standard InChI is InChI=1S/C16H31N3O2/c1-14-4-2-8-18(12-14)9-3-7-17-16(21)19-10-5-15(13-20)6-11-19/h14-15,20H,2-13H2,1H3,(H,17,21). The van der Waals surface area contributed by atoms with Gasteiger partial charge in [0.1, 0.15) is 0 Å². The van der Waals surface area contributed by atoms with Gasteiger partial charge in [-0.25, -0.2) is 4.79 Å². The van der Waals surface area contributed by atoms with E-state index in [1.54, 1.807) is 0 Å². The Balaban J connectivity index is 1.55. The molecule has 0 bridgehead atoms. The van der Waals surface area contributed by atoms with Crippen molar-refractivity contribution in [3.05, 3.63) is 0 Å². The lowest BCUT2D eigenvalue weighted by molar-refractivity contribution is 0.136. The average Bonchev–Trinajstić information content (AvgIpc) is 2.51. The molecule has 2 heterocycles. The van der Waals surface area contributed by atoms with E-state index in [1.165, 1.54) is 25.9 Å². The molecule has 2 N–H and O–H groups in total. The van der Waals surface area contributed by atoms with E-state index in [-0.39, 0.29) is 12.6 Å². The van der Waals surface area contributed by atoms with Crippen LogP contribution >= 0.6 is 0 Å². The van der Waals surface area contributed by atoms with E-state index in [4.69, 9.17) is 5.11 Å². The quantitative estimate of drug-likeness (QED) is 0.757. The smallest absolute Gasteiger partial charge is 0.317 e. The molecule has 2 aliphatic heterocycles. The summed E-state index contributed by atoms with van der Waals surface area (Å²) < 4.78 is 0. The maximum atomic E-state index is 12.0. The molecule has 0 aromatic heterocycles. The van der Waals surface area contributed by atoms with Crippen LogP contribution in [0.15, 0.2) is 0 Å². The molecule has 21 heavy (non-hydrogen) atoms. The van der Waals surface area contributed by atoms with Crippen LogP contribution in [0.1, 0.15) is 39.0 Å². The van der Waals surface area contributed by atoms with Gasteiger partial charge in [0.25, 0.3) is 0 Å². The van der Waals surface area contributed by atoms with Crippen LogP contribution in [0.5, 0.6) is 0 Å². The van der Waals surface area contributed by atoms with Crippen LogP contribution in [0, 0.1) is 11.8 Å². The van der Waals surface area contributed by atoms with Gasteiger partial charge in [0.2, 0.25) is 0 Å². The van der Waals surface area contributed by atoms with Gasteiger partial charge in [0.05, 0.1) is 0 Å². The number of nitrogens with zero attached hydrogens (tertiary/aromatic N) is 2. The normalized spacial score (nSPS) is 25.0. The largest absolute Gasteiger partial charge is 0.396 e. The Morgan fingerprint density at radius 2 is 2.00 bits per heavy atom. The number of likely N-dealkylation sites (tertiary alicyclic amines) is 2. The lowest BCUT2D eigenvalue weighted by Crippen LogP contribution is -2.45. The van der Waals surface area contributed by atoms with Gasteiger partial charge in [-0.1, -0.05) is 6.92 Å². The third-order valence-corrected chi connectivity index (χ3v) is 4.83. The van der Waals surface area contributed by atoms with Crippen molar-refractivity contribution in [2.75, 3.05) is 45.9 Å². The summed E-state index contributed by atoms with van der Waals surface area (Å²) in [5.41, 5.74) is 0. The Kier molecular flexibility index (Phi) is 6.77. The lowest BCUT2D eigenvalue weighted by atomic mass is 9.98. The van der Waals surface area contributed by atoms with E-state index < -0.39 is 0 Å². The molecule has 122 valence electrons. The third kappa shape index (κ3) is 5.47. The number of rotatable bonds is 5. The summed E-state index contributed by atoms with van der Waals surface area (Å²) in [4.78, 5) is 16.4. The number of nitrogens with one attached hydrogen (secondary N) is 1. The fourth-order valence-corrected chi connectivity index (χ4v) is 3.42. The third-order valence-electron chi connectivity index (χ3n) is 4.83. The Bertz CT molecular complexity index is 317. The molecule has 0 aromatic carbocycles. The van der Waals surface area contributed by atoms with E-state index in [1.807, 2.05) is 4.90 Å². The highest BCUT2D eigenvalue weighted by atomic mass is 16.3. The number of carbonyl (C=O) groups is 1. The summed E-state index contributed by atoms with van der Waals surface area (Å²) in [5.74, 6) is 1.20. The van der Waals surface area contributed by atoms with Gasteiger partial charge in [0.15, 0.2) is 0 Å². The molecule has 1 atom stereocenters. The summed E-state index contributed by atoms with van der Waals surface area (Å²) in [6.07, 6.45) is 5.56. The van der Waals surface area contributed by atoms with Crippen molar-refractivity contribution in [2.45, 2.75) is 39.0 Å². The zero-order valence-corrected chi connectivity index (χ0v) is 13.4. The number of piperidine rings is 2. The van der Waals surface area contributed by atoms with Gasteiger partial charge in [-0.2, -0.15) is 0 Å². The molecule has 0 saturated carbocycles. The van der Waals surface area contributed by atoms with Gasteiger partial charge >= 0.3 is 6.03 Å². The van der Waals surface area contributed by atoms with Crippen LogP contribution in [0.3, 0.4) is 0 Å². The fraction of sp³-hybridized carbons (Fsp3) is 0.938. The van der Waals surface area contributed by atoms with E-state index in [0.717, 1.165) is 51.4 Å². The highest BCUT2D eigenvalue weighted by molar-refractivity contribution is 5.74. The summed E-state index contributed by atoms with van der Waals surface area (Å²) >= 11 is 0. The zero-order valence-electron chi connectivity index (χ0n) is 13.4. The summed E-state index contributed by atoms with van der Waals surface area (Å²) in [7, 11) is 0. The maximum Gasteiger partial charge on any atom is 0.317 e. The molecule has 2 fully saturated rings. The first-order valence-electron chi connectivity index (χ1n) is 8.55. The molecule has 0 aromatic rings. The molecule has 0 radical (unpaired) electrons. The summed E-state index contributed by atoms with van der Waals surface area (Å²) in [6.45, 7) is 8.42. The van der Waals surface area contributed by atoms with Crippen LogP contribution in [0.25, 0.3) is 0 Å². The van der Waals surface area contributed by atoms with Gasteiger partial charge in [0, 0.05) is 32.8 Å². The van der Waals surface area contributed by atoms with Crippen molar-refractivity contribution < 1.29 is 9.90 Å². The fourth-order valence-electron chi connectivity index (χ4n) is 3.42. The highest BCUT2D eigenvalue weighted by Crippen LogP contribution is 2.16. The lowest BCUT2D eigenvalue weighted by Gasteiger charge is -2.32. The first-order valence-corrected chi connectivity index (χ1v) is 8.55. The van der Waals surface area contributed by atoms with Gasteiger partial charge in [-0.15, -0.1) is 0 Å². The minimum atomic E-state index is 0.0680. The molecule has 0 aliphatic carbocycles. The van der Waals surface area contributed by atoms with Crippen LogP contribution in [0.4, 0.5) is 4.79 Å². The van der Waals surface area contributed by atoms with E-state index in [9.17, 15) is 4.79 Å². The highest BCUT2D eigenvalue weighted by Gasteiger charge is 2.22. The Morgan fingerprint density at radius 3 is 2.67 bits per heavy atom. The number of hydrogen-bond donors (Lipinski definition) is 2. The van der Waals surface area contributed by atoms with Gasteiger partial charge in [-0.3, -0.25) is 0 Å². The van der Waals surface area contributed by atoms with Gasteiger partial charge < -0.3 is 20.2 Å². The Labute approximate surface area is 128 Å². The Morgan fingerprint density at radius 1 is 1.24 bits per heavy atom. The number of urea groups is 1. The van der Waals surface area contributed by atoms with Crippen molar-refractivity contribution in [2.24, 2.45) is 11.8 Å². The zero-order chi connectivity index (χ0) is 15.1. The van der Waals surface area contributed by atoms with E-state index in [2.05, 4.69) is 17.1 Å². The van der Waals surface area contributed by atoms with Gasteiger partial charge in [-0.05, 0) is 57.0 Å². The average molecular weight is 297 g/mol. The van der Waals surface area contributed by atoms with Crippen LogP contribution in [-0.2, 0) is 0 Å².